The molecule has 1 unspecified atom stereocenters. The van der Waals surface area contributed by atoms with Gasteiger partial charge in [0.15, 0.2) is 0 Å². The van der Waals surface area contributed by atoms with Gasteiger partial charge in [0.1, 0.15) is 5.75 Å². The Morgan fingerprint density at radius 3 is 3.06 bits per heavy atom. The summed E-state index contributed by atoms with van der Waals surface area (Å²) in [6.07, 6.45) is 2.49. The van der Waals surface area contributed by atoms with Crippen LogP contribution in [-0.2, 0) is 0 Å². The number of hydrogen-bond acceptors (Lipinski definition) is 3. The number of nitrogens with zero attached hydrogens (tertiary/aromatic N) is 1. The van der Waals surface area contributed by atoms with Crippen LogP contribution >= 0.6 is 15.9 Å². The zero-order chi connectivity index (χ0) is 13.0. The summed E-state index contributed by atoms with van der Waals surface area (Å²) in [4.78, 5) is 2.42. The number of anilines is 1. The number of methoxy groups -OCH3 is 1. The molecule has 1 fully saturated rings. The van der Waals surface area contributed by atoms with E-state index in [-0.39, 0.29) is 0 Å². The fourth-order valence-corrected chi connectivity index (χ4v) is 2.91. The molecule has 1 aromatic rings. The molecule has 1 aromatic carbocycles. The maximum atomic E-state index is 5.47. The maximum absolute atomic E-state index is 5.47. The first-order valence-corrected chi connectivity index (χ1v) is 7.35. The predicted molar refractivity (Wildman–Crippen MR) is 79.6 cm³/mol. The lowest BCUT2D eigenvalue weighted by molar-refractivity contribution is 0.402. The molecule has 4 heteroatoms. The lowest BCUT2D eigenvalue weighted by Gasteiger charge is -2.35. The number of halogens is 1. The number of ether oxygens (including phenoxy) is 1. The Balaban J connectivity index is 2.17. The van der Waals surface area contributed by atoms with Crippen LogP contribution in [0.3, 0.4) is 0 Å². The summed E-state index contributed by atoms with van der Waals surface area (Å²) in [5.74, 6) is 0.954. The van der Waals surface area contributed by atoms with Gasteiger partial charge in [0.05, 0.1) is 12.8 Å². The van der Waals surface area contributed by atoms with Crippen LogP contribution in [-0.4, -0.2) is 32.8 Å². The molecular weight excluding hydrogens is 292 g/mol. The van der Waals surface area contributed by atoms with Crippen LogP contribution in [0.5, 0.6) is 5.75 Å². The SMILES string of the molecule is CCNC1CCCN(c2cc(Br)ccc2OC)C1. The van der Waals surface area contributed by atoms with Crippen molar-refractivity contribution in [2.75, 3.05) is 31.6 Å². The monoisotopic (exact) mass is 312 g/mol. The summed E-state index contributed by atoms with van der Waals surface area (Å²) in [7, 11) is 1.73. The van der Waals surface area contributed by atoms with Crippen molar-refractivity contribution in [3.63, 3.8) is 0 Å². The molecule has 0 saturated carbocycles. The van der Waals surface area contributed by atoms with Crippen molar-refractivity contribution in [1.29, 1.82) is 0 Å². The van der Waals surface area contributed by atoms with Gasteiger partial charge in [0, 0.05) is 23.6 Å². The summed E-state index contributed by atoms with van der Waals surface area (Å²) < 4.78 is 6.57. The average Bonchev–Trinajstić information content (AvgIpc) is 2.39. The molecule has 1 saturated heterocycles. The van der Waals surface area contributed by atoms with Crippen LogP contribution < -0.4 is 15.0 Å². The van der Waals surface area contributed by atoms with Gasteiger partial charge in [-0.25, -0.2) is 0 Å². The largest absolute Gasteiger partial charge is 0.495 e. The molecule has 2 rings (SSSR count). The van der Waals surface area contributed by atoms with E-state index in [1.54, 1.807) is 7.11 Å². The van der Waals surface area contributed by atoms with Gasteiger partial charge in [0.2, 0.25) is 0 Å². The number of piperidine rings is 1. The first-order valence-electron chi connectivity index (χ1n) is 6.56. The Hall–Kier alpha value is -0.740. The van der Waals surface area contributed by atoms with Crippen LogP contribution in [0.15, 0.2) is 22.7 Å². The predicted octanol–water partition coefficient (Wildman–Crippen LogP) is 3.04. The Morgan fingerprint density at radius 2 is 2.33 bits per heavy atom. The van der Waals surface area contributed by atoms with Crippen LogP contribution in [0.2, 0.25) is 0 Å². The molecule has 1 heterocycles. The fourth-order valence-electron chi connectivity index (χ4n) is 2.56. The molecule has 0 bridgehead atoms. The Bertz CT molecular complexity index is 395. The number of nitrogens with one attached hydrogen (secondary N) is 1. The van der Waals surface area contributed by atoms with Crippen molar-refractivity contribution in [1.82, 2.24) is 5.32 Å². The van der Waals surface area contributed by atoms with Gasteiger partial charge < -0.3 is 15.0 Å². The minimum Gasteiger partial charge on any atom is -0.495 e. The van der Waals surface area contributed by atoms with Crippen molar-refractivity contribution < 1.29 is 4.74 Å². The van der Waals surface area contributed by atoms with Gasteiger partial charge in [0.25, 0.3) is 0 Å². The highest BCUT2D eigenvalue weighted by Gasteiger charge is 2.21. The third-order valence-corrected chi connectivity index (χ3v) is 3.89. The third kappa shape index (κ3) is 3.18. The summed E-state index contributed by atoms with van der Waals surface area (Å²) >= 11 is 3.54. The molecule has 0 spiro atoms. The van der Waals surface area contributed by atoms with Gasteiger partial charge in [-0.2, -0.15) is 0 Å². The summed E-state index contributed by atoms with van der Waals surface area (Å²) in [6, 6.07) is 6.78. The normalized spacial score (nSPS) is 19.9. The van der Waals surface area contributed by atoms with Crippen LogP contribution in [0.4, 0.5) is 5.69 Å². The highest BCUT2D eigenvalue weighted by molar-refractivity contribution is 9.10. The molecule has 1 atom stereocenters. The van der Waals surface area contributed by atoms with Crippen molar-refractivity contribution in [2.45, 2.75) is 25.8 Å². The highest BCUT2D eigenvalue weighted by atomic mass is 79.9. The average molecular weight is 313 g/mol. The van der Waals surface area contributed by atoms with E-state index in [1.807, 2.05) is 12.1 Å². The second-order valence-corrected chi connectivity index (χ2v) is 5.57. The molecule has 3 nitrogen and oxygen atoms in total. The molecule has 1 N–H and O–H groups in total. The lowest BCUT2D eigenvalue weighted by Crippen LogP contribution is -2.45. The quantitative estimate of drug-likeness (QED) is 0.925. The van der Waals surface area contributed by atoms with E-state index in [4.69, 9.17) is 4.74 Å². The smallest absolute Gasteiger partial charge is 0.142 e. The van der Waals surface area contributed by atoms with Gasteiger partial charge >= 0.3 is 0 Å². The van der Waals surface area contributed by atoms with E-state index in [2.05, 4.69) is 39.1 Å². The summed E-state index contributed by atoms with van der Waals surface area (Å²) in [5, 5.41) is 3.54. The van der Waals surface area contributed by atoms with Gasteiger partial charge in [-0.05, 0) is 37.6 Å². The maximum Gasteiger partial charge on any atom is 0.142 e. The van der Waals surface area contributed by atoms with Crippen LogP contribution in [0, 0.1) is 0 Å². The van der Waals surface area contributed by atoms with Crippen LogP contribution in [0.1, 0.15) is 19.8 Å². The minimum absolute atomic E-state index is 0.590. The lowest BCUT2D eigenvalue weighted by atomic mass is 10.0. The van der Waals surface area contributed by atoms with E-state index >= 15 is 0 Å². The molecule has 0 aromatic heterocycles. The molecule has 0 radical (unpaired) electrons. The number of benzene rings is 1. The number of hydrogen-bond donors (Lipinski definition) is 1. The second-order valence-electron chi connectivity index (χ2n) is 4.66. The first-order chi connectivity index (χ1) is 8.74. The Kier molecular flexibility index (Phi) is 4.89. The van der Waals surface area contributed by atoms with E-state index in [0.29, 0.717) is 6.04 Å². The highest BCUT2D eigenvalue weighted by Crippen LogP contribution is 2.33. The molecule has 100 valence electrons. The number of rotatable bonds is 4. The number of likely N-dealkylation sites (N-methyl/N-ethyl adjacent to an activating group) is 1. The summed E-state index contributed by atoms with van der Waals surface area (Å²) in [5.41, 5.74) is 1.19. The van der Waals surface area contributed by atoms with Crippen molar-refractivity contribution in [3.8, 4) is 5.75 Å². The molecular formula is C14H21BrN2O. The molecule has 0 aliphatic carbocycles. The zero-order valence-electron chi connectivity index (χ0n) is 11.1. The summed E-state index contributed by atoms with van der Waals surface area (Å²) in [6.45, 7) is 5.36. The fraction of sp³-hybridized carbons (Fsp3) is 0.571. The molecule has 18 heavy (non-hydrogen) atoms. The van der Waals surface area contributed by atoms with Gasteiger partial charge in [-0.3, -0.25) is 0 Å². The van der Waals surface area contributed by atoms with E-state index < -0.39 is 0 Å². The molecule has 0 amide bonds. The third-order valence-electron chi connectivity index (χ3n) is 3.40. The van der Waals surface area contributed by atoms with Crippen LogP contribution in [0.25, 0.3) is 0 Å². The standard InChI is InChI=1S/C14H21BrN2O/c1-3-16-12-5-4-8-17(10-12)13-9-11(15)6-7-14(13)18-2/h6-7,9,12,16H,3-5,8,10H2,1-2H3. The van der Waals surface area contributed by atoms with Gasteiger partial charge in [-0.1, -0.05) is 22.9 Å². The Morgan fingerprint density at radius 1 is 1.50 bits per heavy atom. The van der Waals surface area contributed by atoms with E-state index in [0.717, 1.165) is 29.9 Å². The minimum atomic E-state index is 0.590. The Labute approximate surface area is 118 Å². The zero-order valence-corrected chi connectivity index (χ0v) is 12.7. The van der Waals surface area contributed by atoms with Crippen molar-refractivity contribution in [3.05, 3.63) is 22.7 Å². The first kappa shape index (κ1) is 13.7. The topological polar surface area (TPSA) is 24.5 Å². The second kappa shape index (κ2) is 6.43. The van der Waals surface area contributed by atoms with E-state index in [9.17, 15) is 0 Å². The molecule has 1 aliphatic rings. The van der Waals surface area contributed by atoms with Crippen molar-refractivity contribution >= 4 is 21.6 Å². The molecule has 1 aliphatic heterocycles. The van der Waals surface area contributed by atoms with Gasteiger partial charge in [-0.15, -0.1) is 0 Å². The van der Waals surface area contributed by atoms with E-state index in [1.165, 1.54) is 18.5 Å². The van der Waals surface area contributed by atoms with Crippen molar-refractivity contribution in [2.24, 2.45) is 0 Å².